The number of carbonyl (C=O) groups excluding carboxylic acids is 6. The minimum atomic E-state index is -0.283. The summed E-state index contributed by atoms with van der Waals surface area (Å²) in [4.78, 5) is 110. The maximum absolute atomic E-state index is 14.6. The second-order valence-corrected chi connectivity index (χ2v) is 42.6. The molecule has 0 N–H and O–H groups in total. The first-order valence-electron chi connectivity index (χ1n) is 42.1. The van der Waals surface area contributed by atoms with Gasteiger partial charge in [-0.05, 0) is 229 Å². The Kier molecular flexibility index (Phi) is 31.0. The molecule has 22 heteroatoms. The van der Waals surface area contributed by atoms with E-state index < -0.39 is 0 Å². The minimum Gasteiger partial charge on any atom is -0.462 e. The summed E-state index contributed by atoms with van der Waals surface area (Å²) in [7, 11) is 12.9. The Labute approximate surface area is 663 Å². The van der Waals surface area contributed by atoms with Gasteiger partial charge < -0.3 is 33.3 Å². The number of likely N-dealkylation sites (tertiary alicyclic amines) is 6. The molecule has 22 nitrogen and oxygen atoms in total. The van der Waals surface area contributed by atoms with Crippen LogP contribution in [-0.4, -0.2) is 307 Å². The van der Waals surface area contributed by atoms with Gasteiger partial charge in [0.05, 0.1) is 38.5 Å². The van der Waals surface area contributed by atoms with Gasteiger partial charge in [-0.15, -0.1) is 0 Å². The summed E-state index contributed by atoms with van der Waals surface area (Å²) in [5, 5.41) is 0. The van der Waals surface area contributed by atoms with Gasteiger partial charge in [-0.2, -0.15) is 0 Å². The first-order valence-corrected chi connectivity index (χ1v) is 42.1. The molecule has 0 aliphatic carbocycles. The van der Waals surface area contributed by atoms with E-state index in [-0.39, 0.29) is 196 Å². The smallest absolute Gasteiger partial charge is 0.307 e. The molecular formula is C87H162N10O12. The van der Waals surface area contributed by atoms with Gasteiger partial charge >= 0.3 is 35.8 Å². The molecule has 0 spiro atoms. The molecule has 3 unspecified atom stereocenters. The van der Waals surface area contributed by atoms with E-state index in [2.05, 4.69) is 278 Å². The van der Waals surface area contributed by atoms with Crippen molar-refractivity contribution in [2.45, 2.75) is 424 Å². The Balaban J connectivity index is 1.35. The fraction of sp³-hybridized carbons (Fsp3) is 0.931. The molecule has 0 radical (unpaired) electrons. The largest absolute Gasteiger partial charge is 0.462 e. The number of piperidine rings is 6. The summed E-state index contributed by atoms with van der Waals surface area (Å²) >= 11 is 0. The van der Waals surface area contributed by atoms with E-state index in [1.807, 2.05) is 0 Å². The van der Waals surface area contributed by atoms with Crippen molar-refractivity contribution in [1.82, 2.24) is 49.0 Å². The predicted molar refractivity (Wildman–Crippen MR) is 437 cm³/mol. The zero-order valence-corrected chi connectivity index (χ0v) is 75.7. The van der Waals surface area contributed by atoms with Crippen molar-refractivity contribution >= 4 is 35.8 Å². The summed E-state index contributed by atoms with van der Waals surface area (Å²) in [6.07, 6.45) is 7.52. The van der Waals surface area contributed by atoms with Crippen LogP contribution in [0.1, 0.15) is 303 Å². The van der Waals surface area contributed by atoms with Crippen LogP contribution in [0.3, 0.4) is 0 Å². The highest BCUT2D eigenvalue weighted by atomic mass is 16.6. The topological polar surface area (TPSA) is 190 Å². The van der Waals surface area contributed by atoms with Crippen molar-refractivity contribution in [3.05, 3.63) is 0 Å². The molecule has 6 aliphatic rings. The summed E-state index contributed by atoms with van der Waals surface area (Å²) < 4.78 is 38.5. The van der Waals surface area contributed by atoms with Gasteiger partial charge in [0.2, 0.25) is 0 Å². The number of carbonyl (C=O) groups is 6. The van der Waals surface area contributed by atoms with Crippen LogP contribution < -0.4 is 0 Å². The van der Waals surface area contributed by atoms with Crippen molar-refractivity contribution in [2.75, 3.05) is 101 Å². The number of ether oxygens (including phenoxy) is 6. The van der Waals surface area contributed by atoms with E-state index >= 15 is 0 Å². The monoisotopic (exact) mass is 1540 g/mol. The molecule has 0 bridgehead atoms. The lowest BCUT2D eigenvalue weighted by Crippen LogP contribution is -2.60. The van der Waals surface area contributed by atoms with Crippen molar-refractivity contribution in [3.63, 3.8) is 0 Å². The standard InChI is InChI=1S/C87H162N10O12/c1-61(58-94(40-34-70(98)104-64-46-76(4,5)88(28)77(6,7)47-64)41-35-71(99)105-65-48-78(8,9)89(29)79(10,11)49-65)96(44-38-74(102)108-68-54-84(20,21)92(32)85(22,23)55-68)60-63(3)97(45-39-75(103)109-69-56-86(24,25)93(33)87(26,27)57-69)59-62(2)95(42-36-72(100)106-66-50-80(12,13)90(30)81(14,15)51-66)43-37-73(101)107-67-52-82(16,17)91(31)83(18,19)53-67/h61-69H,34-60H2,1-33H3. The molecule has 0 aromatic carbocycles. The highest BCUT2D eigenvalue weighted by molar-refractivity contribution is 5.72. The molecule has 6 saturated heterocycles. The predicted octanol–water partition coefficient (Wildman–Crippen LogP) is 12.9. The van der Waals surface area contributed by atoms with Crippen LogP contribution in [0.5, 0.6) is 0 Å². The second-order valence-electron chi connectivity index (χ2n) is 42.6. The molecule has 0 aromatic rings. The Bertz CT molecular complexity index is 2820. The summed E-state index contributed by atoms with van der Waals surface area (Å²) in [6, 6.07) is -0.752. The van der Waals surface area contributed by atoms with E-state index in [4.69, 9.17) is 28.4 Å². The maximum Gasteiger partial charge on any atom is 0.307 e. The van der Waals surface area contributed by atoms with Gasteiger partial charge in [0.1, 0.15) is 36.6 Å². The third-order valence-electron chi connectivity index (χ3n) is 28.5. The zero-order valence-electron chi connectivity index (χ0n) is 75.7. The van der Waals surface area contributed by atoms with Crippen LogP contribution in [0, 0.1) is 0 Å². The molecule has 0 aromatic heterocycles. The molecule has 3 atom stereocenters. The lowest BCUT2D eigenvalue weighted by molar-refractivity contribution is -0.161. The Hall–Kier alpha value is -3.58. The number of hydrogen-bond donors (Lipinski definition) is 0. The molecule has 0 saturated carbocycles. The van der Waals surface area contributed by atoms with Crippen molar-refractivity contribution in [1.29, 1.82) is 0 Å². The van der Waals surface area contributed by atoms with Gasteiger partial charge in [-0.3, -0.25) is 72.9 Å². The van der Waals surface area contributed by atoms with Gasteiger partial charge in [0.25, 0.3) is 0 Å². The normalized spacial score (nSPS) is 25.7. The highest BCUT2D eigenvalue weighted by Crippen LogP contribution is 2.44. The first-order chi connectivity index (χ1) is 49.5. The molecular weight excluding hydrogens is 1380 g/mol. The summed E-state index contributed by atoms with van der Waals surface area (Å²) in [5.74, 6) is -1.68. The van der Waals surface area contributed by atoms with E-state index in [0.29, 0.717) is 136 Å². The van der Waals surface area contributed by atoms with Crippen molar-refractivity contribution < 1.29 is 57.2 Å². The third-order valence-corrected chi connectivity index (χ3v) is 28.5. The molecule has 109 heavy (non-hydrogen) atoms. The lowest BCUT2D eigenvalue weighted by atomic mass is 9.78. The molecule has 6 heterocycles. The summed E-state index contributed by atoms with van der Waals surface area (Å²) in [5.41, 5.74) is -2.32. The van der Waals surface area contributed by atoms with Crippen LogP contribution in [0.4, 0.5) is 0 Å². The van der Waals surface area contributed by atoms with Gasteiger partial charge in [0, 0.05) is 221 Å². The zero-order chi connectivity index (χ0) is 82.8. The van der Waals surface area contributed by atoms with E-state index in [0.717, 1.165) is 0 Å². The molecule has 6 aliphatic heterocycles. The number of nitrogens with zero attached hydrogens (tertiary/aromatic N) is 10. The van der Waals surface area contributed by atoms with E-state index in [1.54, 1.807) is 0 Å². The van der Waals surface area contributed by atoms with Gasteiger partial charge in [-0.25, -0.2) is 0 Å². The van der Waals surface area contributed by atoms with Crippen LogP contribution >= 0.6 is 0 Å². The Morgan fingerprint density at radius 3 is 0.560 bits per heavy atom. The fourth-order valence-electron chi connectivity index (χ4n) is 20.3. The molecule has 6 fully saturated rings. The molecule has 632 valence electrons. The SMILES string of the molecule is CC(CN(CCC(=O)OC1CC(C)(C)N(C)C(C)(C)C1)C(C)CN(CCC(=O)OC1CC(C)(C)N(C)C(C)(C)C1)C(C)CN(CCC(=O)OC1CC(C)(C)N(C)C(C)(C)C1)CCC(=O)OC1CC(C)(C)N(C)C(C)(C)C1)N(CCC(=O)OC1CC(C)(C)N(C)C(C)(C)C1)CCC(=O)OC1CC(C)(C)N(C)C(C)(C)C1. The van der Waals surface area contributed by atoms with Crippen molar-refractivity contribution in [3.8, 4) is 0 Å². The second kappa shape index (κ2) is 35.9. The summed E-state index contributed by atoms with van der Waals surface area (Å²) in [6.45, 7) is 62.6. The Morgan fingerprint density at radius 1 is 0.248 bits per heavy atom. The van der Waals surface area contributed by atoms with Crippen LogP contribution in [0.25, 0.3) is 0 Å². The number of hydrogen-bond acceptors (Lipinski definition) is 22. The minimum absolute atomic E-state index is 0.109. The lowest BCUT2D eigenvalue weighted by Gasteiger charge is -2.53. The van der Waals surface area contributed by atoms with E-state index in [1.165, 1.54) is 0 Å². The fourth-order valence-corrected chi connectivity index (χ4v) is 20.3. The van der Waals surface area contributed by atoms with Crippen LogP contribution in [0.15, 0.2) is 0 Å². The quantitative estimate of drug-likeness (QED) is 0.0445. The Morgan fingerprint density at radius 2 is 0.385 bits per heavy atom. The first kappa shape index (κ1) is 94.3. The highest BCUT2D eigenvalue weighted by Gasteiger charge is 2.51. The molecule has 6 rings (SSSR count). The third kappa shape index (κ3) is 25.7. The number of esters is 6. The van der Waals surface area contributed by atoms with E-state index in [9.17, 15) is 28.8 Å². The van der Waals surface area contributed by atoms with Gasteiger partial charge in [0.15, 0.2) is 0 Å². The van der Waals surface area contributed by atoms with Crippen LogP contribution in [-0.2, 0) is 57.2 Å². The van der Waals surface area contributed by atoms with Gasteiger partial charge in [-0.1, -0.05) is 0 Å². The maximum atomic E-state index is 14.6. The average Bonchev–Trinajstić information content (AvgIpc) is 0.819. The number of rotatable bonds is 33. The van der Waals surface area contributed by atoms with Crippen molar-refractivity contribution in [2.24, 2.45) is 0 Å². The van der Waals surface area contributed by atoms with Crippen LogP contribution in [0.2, 0.25) is 0 Å². The average molecular weight is 1540 g/mol. The molecule has 0 amide bonds.